The molecule has 5 nitrogen and oxygen atoms in total. The number of hydrogen-bond donors (Lipinski definition) is 0. The van der Waals surface area contributed by atoms with E-state index in [1.165, 1.54) is 11.6 Å². The van der Waals surface area contributed by atoms with Gasteiger partial charge in [0.1, 0.15) is 18.2 Å². The molecule has 0 aliphatic rings. The number of benzene rings is 1. The molecule has 228 valence electrons. The topological polar surface area (TPSA) is 42.0 Å². The third-order valence-corrected chi connectivity index (χ3v) is 5.54. The highest BCUT2D eigenvalue weighted by Gasteiger charge is 2.15. The van der Waals surface area contributed by atoms with Gasteiger partial charge < -0.3 is 14.4 Å². The maximum Gasteiger partial charge on any atom is 0.219 e. The van der Waals surface area contributed by atoms with E-state index in [-0.39, 0.29) is 5.91 Å². The van der Waals surface area contributed by atoms with E-state index in [1.54, 1.807) is 6.92 Å². The van der Waals surface area contributed by atoms with Crippen LogP contribution in [0.1, 0.15) is 100 Å². The first kappa shape index (κ1) is 41.1. The van der Waals surface area contributed by atoms with Crippen LogP contribution in [0, 0.1) is 5.92 Å². The molecule has 1 unspecified atom stereocenters. The molecule has 0 aliphatic heterocycles. The lowest BCUT2D eigenvalue weighted by atomic mass is 10.0. The molecule has 0 aliphatic carbocycles. The van der Waals surface area contributed by atoms with Gasteiger partial charge in [-0.15, -0.1) is 6.58 Å². The fourth-order valence-corrected chi connectivity index (χ4v) is 3.65. The molecule has 0 spiro atoms. The van der Waals surface area contributed by atoms with E-state index in [9.17, 15) is 9.18 Å². The van der Waals surface area contributed by atoms with Crippen molar-refractivity contribution in [2.24, 2.45) is 5.92 Å². The molecule has 0 saturated heterocycles. The first-order valence-electron chi connectivity index (χ1n) is 15.0. The van der Waals surface area contributed by atoms with Gasteiger partial charge in [0.25, 0.3) is 0 Å². The Hall–Kier alpha value is -2.34. The second kappa shape index (κ2) is 28.7. The van der Waals surface area contributed by atoms with Crippen molar-refractivity contribution < 1.29 is 18.7 Å². The number of alkyl halides is 1. The van der Waals surface area contributed by atoms with E-state index >= 15 is 0 Å². The number of halogens is 1. The molecule has 1 aromatic rings. The highest BCUT2D eigenvalue weighted by molar-refractivity contribution is 5.73. The van der Waals surface area contributed by atoms with Gasteiger partial charge in [-0.2, -0.15) is 0 Å². The number of amides is 1. The van der Waals surface area contributed by atoms with Crippen LogP contribution in [-0.2, 0) is 11.3 Å². The molecule has 0 aromatic heterocycles. The summed E-state index contributed by atoms with van der Waals surface area (Å²) >= 11 is 0. The zero-order chi connectivity index (χ0) is 30.6. The molecule has 0 N–H and O–H groups in total. The quantitative estimate of drug-likeness (QED) is 0.192. The minimum Gasteiger partial charge on any atom is -0.493 e. The molecule has 6 heteroatoms. The molecular formula is C33H61FN2O3. The number of hydrogen-bond acceptors (Lipinski definition) is 4. The second-order valence-corrected chi connectivity index (χ2v) is 8.45. The number of carbonyl (C=O) groups excluding carboxylic acids is 1. The Labute approximate surface area is 241 Å². The summed E-state index contributed by atoms with van der Waals surface area (Å²) in [6.45, 7) is 30.6. The highest BCUT2D eigenvalue weighted by Crippen LogP contribution is 2.33. The van der Waals surface area contributed by atoms with Crippen molar-refractivity contribution in [2.45, 2.75) is 95.5 Å². The molecule has 1 rings (SSSR count). The lowest BCUT2D eigenvalue weighted by Gasteiger charge is -2.26. The summed E-state index contributed by atoms with van der Waals surface area (Å²) in [5, 5.41) is 0. The minimum absolute atomic E-state index is 0.158. The van der Waals surface area contributed by atoms with Crippen molar-refractivity contribution in [2.75, 3.05) is 46.1 Å². The monoisotopic (exact) mass is 552 g/mol. The second-order valence-electron chi connectivity index (χ2n) is 8.45. The molecule has 0 saturated carbocycles. The molecule has 39 heavy (non-hydrogen) atoms. The van der Waals surface area contributed by atoms with Crippen LogP contribution in [0.3, 0.4) is 0 Å². The van der Waals surface area contributed by atoms with Crippen LogP contribution < -0.4 is 9.47 Å². The van der Waals surface area contributed by atoms with Gasteiger partial charge in [-0.25, -0.2) is 4.39 Å². The molecule has 1 amide bonds. The third kappa shape index (κ3) is 19.4. The van der Waals surface area contributed by atoms with E-state index in [4.69, 9.17) is 9.47 Å². The SMILES string of the molecule is C=CCF.CC.CC.CC/C=C/c1c(OCC)cc(CN(CC)CCC(C)CN(CC)C(C)=O)cc1OCC. The van der Waals surface area contributed by atoms with Gasteiger partial charge in [0.2, 0.25) is 5.91 Å². The van der Waals surface area contributed by atoms with Gasteiger partial charge in [0.15, 0.2) is 0 Å². The Bertz CT molecular complexity index is 725. The fraction of sp³-hybridized carbons (Fsp3) is 0.667. The summed E-state index contributed by atoms with van der Waals surface area (Å²) in [6, 6.07) is 4.31. The van der Waals surface area contributed by atoms with Crippen molar-refractivity contribution in [1.82, 2.24) is 9.80 Å². The zero-order valence-electron chi connectivity index (χ0n) is 27.2. The van der Waals surface area contributed by atoms with E-state index in [0.717, 1.165) is 62.6 Å². The van der Waals surface area contributed by atoms with Crippen LogP contribution in [0.25, 0.3) is 6.08 Å². The van der Waals surface area contributed by atoms with E-state index in [0.29, 0.717) is 19.1 Å². The molecule has 1 aromatic carbocycles. The number of rotatable bonds is 16. The minimum atomic E-state index is -0.417. The number of nitrogens with zero attached hydrogens (tertiary/aromatic N) is 2. The van der Waals surface area contributed by atoms with Gasteiger partial charge in [0, 0.05) is 26.6 Å². The van der Waals surface area contributed by atoms with Gasteiger partial charge in [-0.3, -0.25) is 9.69 Å². The summed E-state index contributed by atoms with van der Waals surface area (Å²) in [4.78, 5) is 16.1. The first-order chi connectivity index (χ1) is 18.8. The first-order valence-corrected chi connectivity index (χ1v) is 15.0. The Morgan fingerprint density at radius 2 is 1.51 bits per heavy atom. The average Bonchev–Trinajstić information content (AvgIpc) is 2.95. The summed E-state index contributed by atoms with van der Waals surface area (Å²) in [5.74, 6) is 2.40. The van der Waals surface area contributed by atoms with Crippen LogP contribution >= 0.6 is 0 Å². The van der Waals surface area contributed by atoms with E-state index in [1.807, 2.05) is 53.4 Å². The van der Waals surface area contributed by atoms with Gasteiger partial charge in [-0.1, -0.05) is 66.7 Å². The third-order valence-electron chi connectivity index (χ3n) is 5.54. The van der Waals surface area contributed by atoms with Gasteiger partial charge in [0.05, 0.1) is 18.8 Å². The van der Waals surface area contributed by atoms with E-state index < -0.39 is 6.67 Å². The maximum absolute atomic E-state index is 11.7. The largest absolute Gasteiger partial charge is 0.493 e. The zero-order valence-corrected chi connectivity index (χ0v) is 27.2. The smallest absolute Gasteiger partial charge is 0.219 e. The lowest BCUT2D eigenvalue weighted by Crippen LogP contribution is -2.34. The molecule has 0 fully saturated rings. The van der Waals surface area contributed by atoms with Crippen LogP contribution in [0.2, 0.25) is 0 Å². The highest BCUT2D eigenvalue weighted by atomic mass is 19.1. The van der Waals surface area contributed by atoms with Gasteiger partial charge >= 0.3 is 0 Å². The number of allylic oxidation sites excluding steroid dienone is 2. The Morgan fingerprint density at radius 3 is 1.87 bits per heavy atom. The Kier molecular flexibility index (Phi) is 30.2. The lowest BCUT2D eigenvalue weighted by molar-refractivity contribution is -0.129. The molecule has 0 heterocycles. The van der Waals surface area contributed by atoms with Gasteiger partial charge in [-0.05, 0) is 70.3 Å². The van der Waals surface area contributed by atoms with Crippen LogP contribution in [-0.4, -0.2) is 61.8 Å². The summed E-state index contributed by atoms with van der Waals surface area (Å²) in [7, 11) is 0. The van der Waals surface area contributed by atoms with Crippen molar-refractivity contribution in [3.8, 4) is 11.5 Å². The van der Waals surface area contributed by atoms with Crippen molar-refractivity contribution in [3.05, 3.63) is 42.0 Å². The Balaban J connectivity index is -0.00000145. The van der Waals surface area contributed by atoms with Crippen molar-refractivity contribution >= 4 is 12.0 Å². The number of ether oxygens (including phenoxy) is 2. The van der Waals surface area contributed by atoms with Crippen LogP contribution in [0.5, 0.6) is 11.5 Å². The number of carbonyl (C=O) groups is 1. The predicted molar refractivity (Wildman–Crippen MR) is 170 cm³/mol. The predicted octanol–water partition coefficient (Wildman–Crippen LogP) is 8.82. The maximum atomic E-state index is 11.7. The molecular weight excluding hydrogens is 491 g/mol. The van der Waals surface area contributed by atoms with Crippen LogP contribution in [0.4, 0.5) is 4.39 Å². The van der Waals surface area contributed by atoms with E-state index in [2.05, 4.69) is 56.5 Å². The fourth-order valence-electron chi connectivity index (χ4n) is 3.65. The standard InChI is InChI=1S/C26H44N2O3.C3H5F.2C2H6/c1-8-13-14-24-25(30-11-4)17-23(18-26(24)31-12-5)20-27(9-2)16-15-21(6)19-28(10-3)22(7)29;1-2-3-4;2*1-2/h13-14,17-18,21H,8-12,15-16,19-20H2,1-7H3;2H,1,3H2;2*1-2H3/b14-13+;;;. The average molecular weight is 553 g/mol. The van der Waals surface area contributed by atoms with Crippen molar-refractivity contribution in [3.63, 3.8) is 0 Å². The summed E-state index contributed by atoms with van der Waals surface area (Å²) in [6.07, 6.45) is 7.49. The molecule has 0 bridgehead atoms. The summed E-state index contributed by atoms with van der Waals surface area (Å²) in [5.41, 5.74) is 2.23. The molecule has 1 atom stereocenters. The molecule has 0 radical (unpaired) electrons. The van der Waals surface area contributed by atoms with Crippen molar-refractivity contribution in [1.29, 1.82) is 0 Å². The normalized spacial score (nSPS) is 10.8. The van der Waals surface area contributed by atoms with Crippen LogP contribution in [0.15, 0.2) is 30.9 Å². The Morgan fingerprint density at radius 1 is 1.00 bits per heavy atom. The summed E-state index contributed by atoms with van der Waals surface area (Å²) < 4.78 is 22.5.